The Morgan fingerprint density at radius 1 is 1.07 bits per heavy atom. The maximum Gasteiger partial charge on any atom is 0.490 e. The Morgan fingerprint density at radius 2 is 1.77 bits per heavy atom. The van der Waals surface area contributed by atoms with E-state index in [1.165, 1.54) is 0 Å². The number of rotatable bonds is 5. The molecule has 212 valence electrons. The molecule has 0 spiro atoms. The minimum Gasteiger partial charge on any atom is -0.475 e. The van der Waals surface area contributed by atoms with Gasteiger partial charge >= 0.3 is 12.1 Å². The molecule has 1 fully saturated rings. The normalized spacial score (nSPS) is 15.4. The molecular weight excluding hydrogens is 615 g/mol. The summed E-state index contributed by atoms with van der Waals surface area (Å²) in [6.07, 6.45) is -1.12. The Balaban J connectivity index is 0.000000470. The molecule has 0 unspecified atom stereocenters. The summed E-state index contributed by atoms with van der Waals surface area (Å²) in [7, 11) is 0. The van der Waals surface area contributed by atoms with Gasteiger partial charge in [0.1, 0.15) is 11.3 Å². The van der Waals surface area contributed by atoms with Crippen LogP contribution in [0.3, 0.4) is 0 Å². The summed E-state index contributed by atoms with van der Waals surface area (Å²) in [6.45, 7) is 2.72. The number of nitrogens with one attached hydrogen (secondary N) is 2. The van der Waals surface area contributed by atoms with E-state index in [9.17, 15) is 13.2 Å². The fraction of sp³-hybridized carbons (Fsp3) is 0.280. The molecule has 5 rings (SSSR count). The summed E-state index contributed by atoms with van der Waals surface area (Å²) in [6, 6.07) is 10.7. The number of alkyl halides is 3. The van der Waals surface area contributed by atoms with Gasteiger partial charge in [-0.3, -0.25) is 0 Å². The number of hydrogen-bond donors (Lipinski definition) is 3. The van der Waals surface area contributed by atoms with Crippen LogP contribution in [-0.4, -0.2) is 49.9 Å². The first-order chi connectivity index (χ1) is 18.9. The van der Waals surface area contributed by atoms with Crippen molar-refractivity contribution in [3.63, 3.8) is 0 Å². The maximum atomic E-state index is 10.6. The zero-order valence-electron chi connectivity index (χ0n) is 20.4. The van der Waals surface area contributed by atoms with Crippen LogP contribution in [0.25, 0.3) is 22.6 Å². The third-order valence-electron chi connectivity index (χ3n) is 5.93. The first kappa shape index (κ1) is 30.1. The average molecular weight is 636 g/mol. The quantitative estimate of drug-likeness (QED) is 0.209. The van der Waals surface area contributed by atoms with Gasteiger partial charge in [-0.05, 0) is 62.2 Å². The number of aliphatic carboxylic acids is 1. The highest BCUT2D eigenvalue weighted by Crippen LogP contribution is 2.36. The van der Waals surface area contributed by atoms with Gasteiger partial charge in [0, 0.05) is 12.2 Å². The molecule has 3 N–H and O–H groups in total. The van der Waals surface area contributed by atoms with E-state index >= 15 is 0 Å². The Hall–Kier alpha value is -2.83. The number of carbonyl (C=O) groups is 1. The largest absolute Gasteiger partial charge is 0.490 e. The number of anilines is 2. The predicted octanol–water partition coefficient (Wildman–Crippen LogP) is 7.48. The third-order valence-corrected chi connectivity index (χ3v) is 7.30. The molecule has 3 heterocycles. The molecule has 1 atom stereocenters. The van der Waals surface area contributed by atoms with Gasteiger partial charge < -0.3 is 20.3 Å². The highest BCUT2D eigenvalue weighted by molar-refractivity contribution is 6.42. The molecule has 1 aliphatic heterocycles. The Labute approximate surface area is 246 Å². The average Bonchev–Trinajstić information content (AvgIpc) is 3.23. The Bertz CT molecular complexity index is 1510. The maximum absolute atomic E-state index is 10.6. The molecule has 0 bridgehead atoms. The van der Waals surface area contributed by atoms with E-state index in [1.807, 2.05) is 24.3 Å². The van der Waals surface area contributed by atoms with E-state index < -0.39 is 12.1 Å². The third kappa shape index (κ3) is 7.27. The number of carboxylic acid groups (broad SMARTS) is 1. The minimum atomic E-state index is -5.08. The molecule has 0 radical (unpaired) electrons. The topological polar surface area (TPSA) is 105 Å². The van der Waals surface area contributed by atoms with E-state index in [4.69, 9.17) is 66.3 Å². The lowest BCUT2D eigenvalue weighted by Gasteiger charge is -2.24. The summed E-state index contributed by atoms with van der Waals surface area (Å²) in [5.41, 5.74) is 2.82. The lowest BCUT2D eigenvalue weighted by molar-refractivity contribution is -0.192. The van der Waals surface area contributed by atoms with Crippen LogP contribution < -0.4 is 10.6 Å². The van der Waals surface area contributed by atoms with Crippen LogP contribution in [0.4, 0.5) is 24.8 Å². The van der Waals surface area contributed by atoms with Crippen molar-refractivity contribution in [3.05, 3.63) is 62.7 Å². The standard InChI is InChI=1S/C23H20Cl4N6.C2HF3O2/c24-15-7-6-14(9-18(15)27)30-23-29-11-19-21(32-23)33(12-13-3-2-8-28-10-13)22(31-19)20-16(25)4-1-5-17(20)26;3-2(4,5)1(6)7/h1,4-7,9,11,13,28H,2-3,8,10,12H2,(H,29,30,32);(H,6,7)/t13-;/m1./s1. The first-order valence-corrected chi connectivity index (χ1v) is 13.4. The molecule has 15 heteroatoms. The highest BCUT2D eigenvalue weighted by Gasteiger charge is 2.38. The molecule has 2 aromatic heterocycles. The van der Waals surface area contributed by atoms with Crippen molar-refractivity contribution in [1.29, 1.82) is 0 Å². The van der Waals surface area contributed by atoms with Crippen molar-refractivity contribution in [2.24, 2.45) is 5.92 Å². The number of carboxylic acids is 1. The number of benzene rings is 2. The van der Waals surface area contributed by atoms with Crippen molar-refractivity contribution in [3.8, 4) is 11.4 Å². The lowest BCUT2D eigenvalue weighted by atomic mass is 9.99. The monoisotopic (exact) mass is 634 g/mol. The first-order valence-electron chi connectivity index (χ1n) is 11.8. The van der Waals surface area contributed by atoms with Crippen molar-refractivity contribution >= 4 is 75.2 Å². The van der Waals surface area contributed by atoms with E-state index in [-0.39, 0.29) is 0 Å². The molecule has 0 amide bonds. The molecule has 2 aromatic carbocycles. The fourth-order valence-corrected chi connectivity index (χ4v) is 4.96. The van der Waals surface area contributed by atoms with Crippen LogP contribution in [0.5, 0.6) is 0 Å². The van der Waals surface area contributed by atoms with E-state index in [0.29, 0.717) is 54.5 Å². The van der Waals surface area contributed by atoms with Crippen molar-refractivity contribution < 1.29 is 23.1 Å². The smallest absolute Gasteiger partial charge is 0.475 e. The highest BCUT2D eigenvalue weighted by atomic mass is 35.5. The molecule has 1 aliphatic rings. The second kappa shape index (κ2) is 12.8. The van der Waals surface area contributed by atoms with E-state index in [1.54, 1.807) is 18.3 Å². The minimum absolute atomic E-state index is 0.431. The second-order valence-electron chi connectivity index (χ2n) is 8.81. The van der Waals surface area contributed by atoms with Crippen molar-refractivity contribution in [2.75, 3.05) is 18.4 Å². The number of piperidine rings is 1. The summed E-state index contributed by atoms with van der Waals surface area (Å²) in [5, 5.41) is 15.8. The molecular formula is C25H21Cl4F3N6O2. The fourth-order valence-electron chi connectivity index (χ4n) is 4.10. The molecule has 8 nitrogen and oxygen atoms in total. The van der Waals surface area contributed by atoms with Gasteiger partial charge in [-0.25, -0.2) is 14.8 Å². The second-order valence-corrected chi connectivity index (χ2v) is 10.4. The van der Waals surface area contributed by atoms with Gasteiger partial charge in [-0.15, -0.1) is 0 Å². The summed E-state index contributed by atoms with van der Waals surface area (Å²) in [5.74, 6) is -1.20. The number of imidazole rings is 1. The summed E-state index contributed by atoms with van der Waals surface area (Å²) < 4.78 is 33.8. The molecule has 4 aromatic rings. The van der Waals surface area contributed by atoms with E-state index in [2.05, 4.69) is 20.2 Å². The number of hydrogen-bond acceptors (Lipinski definition) is 6. The van der Waals surface area contributed by atoms with E-state index in [0.717, 1.165) is 38.2 Å². The molecule has 1 saturated heterocycles. The number of nitrogens with zero attached hydrogens (tertiary/aromatic N) is 4. The predicted molar refractivity (Wildman–Crippen MR) is 150 cm³/mol. The summed E-state index contributed by atoms with van der Waals surface area (Å²) in [4.78, 5) is 23.0. The lowest BCUT2D eigenvalue weighted by Crippen LogP contribution is -2.32. The van der Waals surface area contributed by atoms with Gasteiger partial charge in [-0.2, -0.15) is 18.2 Å². The van der Waals surface area contributed by atoms with Gasteiger partial charge in [0.2, 0.25) is 5.95 Å². The number of halogens is 7. The molecule has 0 aliphatic carbocycles. The van der Waals surface area contributed by atoms with Crippen LogP contribution in [0.1, 0.15) is 12.8 Å². The number of fused-ring (bicyclic) bond motifs is 1. The number of aromatic nitrogens is 4. The van der Waals surface area contributed by atoms with Crippen LogP contribution in [0.2, 0.25) is 20.1 Å². The zero-order valence-corrected chi connectivity index (χ0v) is 23.5. The van der Waals surface area contributed by atoms with Gasteiger partial charge in [0.05, 0.1) is 31.9 Å². The molecule has 0 saturated carbocycles. The molecule has 40 heavy (non-hydrogen) atoms. The van der Waals surface area contributed by atoms with Gasteiger partial charge in [-0.1, -0.05) is 52.5 Å². The van der Waals surface area contributed by atoms with Gasteiger partial charge in [0.25, 0.3) is 0 Å². The van der Waals surface area contributed by atoms with Crippen LogP contribution >= 0.6 is 46.4 Å². The van der Waals surface area contributed by atoms with Crippen molar-refractivity contribution in [2.45, 2.75) is 25.6 Å². The van der Waals surface area contributed by atoms with Crippen LogP contribution in [0.15, 0.2) is 42.6 Å². The Morgan fingerprint density at radius 3 is 2.38 bits per heavy atom. The van der Waals surface area contributed by atoms with Crippen LogP contribution in [0, 0.1) is 5.92 Å². The van der Waals surface area contributed by atoms with Crippen LogP contribution in [-0.2, 0) is 11.3 Å². The Kier molecular flexibility index (Phi) is 9.63. The van der Waals surface area contributed by atoms with Gasteiger partial charge in [0.15, 0.2) is 5.65 Å². The van der Waals surface area contributed by atoms with Crippen molar-refractivity contribution in [1.82, 2.24) is 24.8 Å². The zero-order chi connectivity index (χ0) is 29.0. The SMILES string of the molecule is Clc1ccc(Nc2ncc3nc(-c4c(Cl)cccc4Cl)n(C[C@@H]4CCCNC4)c3n2)cc1Cl.O=C(O)C(F)(F)F. The summed E-state index contributed by atoms with van der Waals surface area (Å²) >= 11 is 25.3.